The molecule has 1 heterocycles. The van der Waals surface area contributed by atoms with Crippen molar-refractivity contribution in [2.45, 2.75) is 0 Å². The monoisotopic (exact) mass is 287 g/mol. The molecule has 21 heavy (non-hydrogen) atoms. The number of hydrogen-bond acceptors (Lipinski definition) is 4. The van der Waals surface area contributed by atoms with Gasteiger partial charge in [-0.25, -0.2) is 14.6 Å². The number of carbonyl (C=O) groups excluding carboxylic acids is 1. The summed E-state index contributed by atoms with van der Waals surface area (Å²) in [6, 6.07) is 9.20. The molecule has 0 aliphatic carbocycles. The van der Waals surface area contributed by atoms with E-state index < -0.39 is 12.0 Å². The third-order valence-electron chi connectivity index (χ3n) is 2.57. The minimum atomic E-state index is -1.12. The molecule has 0 saturated carbocycles. The number of methoxy groups -OCH3 is 1. The number of aromatic nitrogens is 1. The average molecular weight is 287 g/mol. The van der Waals surface area contributed by atoms with Gasteiger partial charge in [0.2, 0.25) is 0 Å². The van der Waals surface area contributed by atoms with Gasteiger partial charge in [0.05, 0.1) is 19.0 Å². The van der Waals surface area contributed by atoms with Crippen LogP contribution in [0.4, 0.5) is 16.2 Å². The Bertz CT molecular complexity index is 656. The van der Waals surface area contributed by atoms with Crippen molar-refractivity contribution in [1.29, 1.82) is 0 Å². The number of benzene rings is 1. The van der Waals surface area contributed by atoms with Crippen molar-refractivity contribution in [2.24, 2.45) is 0 Å². The standard InChI is InChI=1S/C14H13N3O4/c1-21-11-4-2-3-9(7-11)16-14(20)17-10-5-6-12(13(18)19)15-8-10/h2-8H,1H3,(H,18,19)(H2,16,17,20). The molecule has 7 heteroatoms. The van der Waals surface area contributed by atoms with Crippen LogP contribution in [-0.2, 0) is 0 Å². The minimum Gasteiger partial charge on any atom is -0.497 e. The highest BCUT2D eigenvalue weighted by Gasteiger charge is 2.06. The van der Waals surface area contributed by atoms with E-state index in [0.29, 0.717) is 17.1 Å². The van der Waals surface area contributed by atoms with Crippen LogP contribution >= 0.6 is 0 Å². The lowest BCUT2D eigenvalue weighted by atomic mass is 10.3. The normalized spacial score (nSPS) is 9.76. The van der Waals surface area contributed by atoms with Gasteiger partial charge in [-0.1, -0.05) is 6.07 Å². The van der Waals surface area contributed by atoms with E-state index >= 15 is 0 Å². The van der Waals surface area contributed by atoms with Crippen molar-refractivity contribution in [2.75, 3.05) is 17.7 Å². The fraction of sp³-hybridized carbons (Fsp3) is 0.0714. The number of carbonyl (C=O) groups is 2. The maximum absolute atomic E-state index is 11.8. The van der Waals surface area contributed by atoms with E-state index in [4.69, 9.17) is 9.84 Å². The number of carboxylic acids is 1. The molecule has 0 bridgehead atoms. The van der Waals surface area contributed by atoms with Crippen molar-refractivity contribution in [3.8, 4) is 5.75 Å². The fourth-order valence-electron chi connectivity index (χ4n) is 1.59. The number of amides is 2. The van der Waals surface area contributed by atoms with E-state index in [2.05, 4.69) is 15.6 Å². The molecule has 0 spiro atoms. The number of nitrogens with one attached hydrogen (secondary N) is 2. The van der Waals surface area contributed by atoms with E-state index in [-0.39, 0.29) is 5.69 Å². The summed E-state index contributed by atoms with van der Waals surface area (Å²) >= 11 is 0. The van der Waals surface area contributed by atoms with Crippen molar-refractivity contribution < 1.29 is 19.4 Å². The summed E-state index contributed by atoms with van der Waals surface area (Å²) in [6.07, 6.45) is 1.27. The minimum absolute atomic E-state index is 0.0891. The number of ether oxygens (including phenoxy) is 1. The molecule has 0 atom stereocenters. The van der Waals surface area contributed by atoms with Crippen molar-refractivity contribution >= 4 is 23.4 Å². The van der Waals surface area contributed by atoms with Crippen molar-refractivity contribution in [3.63, 3.8) is 0 Å². The first-order chi connectivity index (χ1) is 10.1. The van der Waals surface area contributed by atoms with Gasteiger partial charge in [-0.3, -0.25) is 0 Å². The van der Waals surface area contributed by atoms with Gasteiger partial charge in [-0.15, -0.1) is 0 Å². The van der Waals surface area contributed by atoms with Crippen LogP contribution in [0.25, 0.3) is 0 Å². The maximum Gasteiger partial charge on any atom is 0.354 e. The van der Waals surface area contributed by atoms with E-state index in [1.165, 1.54) is 25.4 Å². The Morgan fingerprint density at radius 3 is 2.52 bits per heavy atom. The summed E-state index contributed by atoms with van der Waals surface area (Å²) in [5.74, 6) is -0.498. The molecular weight excluding hydrogens is 274 g/mol. The molecule has 0 fully saturated rings. The van der Waals surface area contributed by atoms with Crippen LogP contribution in [-0.4, -0.2) is 29.2 Å². The molecule has 0 aliphatic rings. The smallest absolute Gasteiger partial charge is 0.354 e. The van der Waals surface area contributed by atoms with Gasteiger partial charge in [0, 0.05) is 11.8 Å². The summed E-state index contributed by atoms with van der Waals surface area (Å²) in [4.78, 5) is 26.2. The summed E-state index contributed by atoms with van der Waals surface area (Å²) in [6.45, 7) is 0. The summed E-state index contributed by atoms with van der Waals surface area (Å²) in [5.41, 5.74) is 0.871. The van der Waals surface area contributed by atoms with Gasteiger partial charge in [-0.2, -0.15) is 0 Å². The number of hydrogen-bond donors (Lipinski definition) is 3. The van der Waals surface area contributed by atoms with E-state index in [9.17, 15) is 9.59 Å². The first-order valence-electron chi connectivity index (χ1n) is 6.00. The van der Waals surface area contributed by atoms with E-state index in [1.807, 2.05) is 0 Å². The van der Waals surface area contributed by atoms with Gasteiger partial charge in [0.15, 0.2) is 0 Å². The highest BCUT2D eigenvalue weighted by molar-refractivity contribution is 5.99. The van der Waals surface area contributed by atoms with Crippen LogP contribution in [0.15, 0.2) is 42.6 Å². The number of pyridine rings is 1. The van der Waals surface area contributed by atoms with Gasteiger partial charge in [0.25, 0.3) is 0 Å². The molecule has 0 radical (unpaired) electrons. The summed E-state index contributed by atoms with van der Waals surface area (Å²) < 4.78 is 5.05. The lowest BCUT2D eigenvalue weighted by molar-refractivity contribution is 0.0690. The molecule has 1 aromatic carbocycles. The zero-order valence-electron chi connectivity index (χ0n) is 11.2. The molecule has 108 valence electrons. The van der Waals surface area contributed by atoms with Crippen LogP contribution in [0.2, 0.25) is 0 Å². The molecule has 0 saturated heterocycles. The first-order valence-corrected chi connectivity index (χ1v) is 6.00. The van der Waals surface area contributed by atoms with Crippen LogP contribution < -0.4 is 15.4 Å². The molecule has 2 aromatic rings. The lowest BCUT2D eigenvalue weighted by Gasteiger charge is -2.08. The largest absolute Gasteiger partial charge is 0.497 e. The highest BCUT2D eigenvalue weighted by atomic mass is 16.5. The van der Waals surface area contributed by atoms with Crippen LogP contribution in [0.3, 0.4) is 0 Å². The second-order valence-electron chi connectivity index (χ2n) is 4.05. The molecule has 3 N–H and O–H groups in total. The van der Waals surface area contributed by atoms with Gasteiger partial charge in [0.1, 0.15) is 11.4 Å². The lowest BCUT2D eigenvalue weighted by Crippen LogP contribution is -2.19. The fourth-order valence-corrected chi connectivity index (χ4v) is 1.59. The van der Waals surface area contributed by atoms with Gasteiger partial charge in [-0.05, 0) is 24.3 Å². The molecular formula is C14H13N3O4. The topological polar surface area (TPSA) is 101 Å². The predicted octanol–water partition coefficient (Wildman–Crippen LogP) is 2.43. The average Bonchev–Trinajstić information content (AvgIpc) is 2.47. The Labute approximate surface area is 120 Å². The van der Waals surface area contributed by atoms with E-state index in [0.717, 1.165) is 0 Å². The number of carboxylic acid groups (broad SMARTS) is 1. The Hall–Kier alpha value is -3.09. The molecule has 2 amide bonds. The molecule has 2 rings (SSSR count). The van der Waals surface area contributed by atoms with Crippen LogP contribution in [0.1, 0.15) is 10.5 Å². The van der Waals surface area contributed by atoms with Crippen LogP contribution in [0, 0.1) is 0 Å². The molecule has 0 aliphatic heterocycles. The SMILES string of the molecule is COc1cccc(NC(=O)Nc2ccc(C(=O)O)nc2)c1. The van der Waals surface area contributed by atoms with Gasteiger partial charge >= 0.3 is 12.0 Å². The summed E-state index contributed by atoms with van der Waals surface area (Å²) in [5, 5.41) is 13.9. The van der Waals surface area contributed by atoms with Gasteiger partial charge < -0.3 is 20.5 Å². The highest BCUT2D eigenvalue weighted by Crippen LogP contribution is 2.17. The van der Waals surface area contributed by atoms with Crippen molar-refractivity contribution in [1.82, 2.24) is 4.98 Å². The van der Waals surface area contributed by atoms with Crippen molar-refractivity contribution in [3.05, 3.63) is 48.3 Å². The second kappa shape index (κ2) is 6.38. The number of aromatic carboxylic acids is 1. The zero-order chi connectivity index (χ0) is 15.2. The number of nitrogens with zero attached hydrogens (tertiary/aromatic N) is 1. The van der Waals surface area contributed by atoms with Crippen LogP contribution in [0.5, 0.6) is 5.75 Å². The predicted molar refractivity (Wildman–Crippen MR) is 76.8 cm³/mol. The zero-order valence-corrected chi connectivity index (χ0v) is 11.2. The summed E-state index contributed by atoms with van der Waals surface area (Å²) in [7, 11) is 1.54. The van der Waals surface area contributed by atoms with E-state index in [1.54, 1.807) is 24.3 Å². The number of rotatable bonds is 4. The Morgan fingerprint density at radius 2 is 1.90 bits per heavy atom. The first kappa shape index (κ1) is 14.3. The number of urea groups is 1. The third-order valence-corrected chi connectivity index (χ3v) is 2.57. The number of anilines is 2. The Morgan fingerprint density at radius 1 is 1.14 bits per heavy atom. The second-order valence-corrected chi connectivity index (χ2v) is 4.05. The maximum atomic E-state index is 11.8. The Kier molecular flexibility index (Phi) is 4.35. The molecule has 1 aromatic heterocycles. The third kappa shape index (κ3) is 3.93. The molecule has 0 unspecified atom stereocenters. The molecule has 7 nitrogen and oxygen atoms in total. The quantitative estimate of drug-likeness (QED) is 0.801. The Balaban J connectivity index is 1.99.